The SMILES string of the molecule is CCCn1c(C)c(O)n(CO)c1=O. The number of aliphatic hydroxyl groups excluding tert-OH is 1. The van der Waals surface area contributed by atoms with Crippen LogP contribution < -0.4 is 5.69 Å². The predicted octanol–water partition coefficient (Wildman–Crippen LogP) is 0.0236. The number of hydrogen-bond donors (Lipinski definition) is 2. The van der Waals surface area contributed by atoms with E-state index in [9.17, 15) is 9.90 Å². The van der Waals surface area contributed by atoms with Gasteiger partial charge in [-0.1, -0.05) is 6.92 Å². The molecule has 0 aliphatic heterocycles. The highest BCUT2D eigenvalue weighted by Crippen LogP contribution is 2.13. The minimum absolute atomic E-state index is 0.152. The second-order valence-electron chi connectivity index (χ2n) is 2.91. The van der Waals surface area contributed by atoms with E-state index in [1.165, 1.54) is 4.57 Å². The topological polar surface area (TPSA) is 67.4 Å². The molecule has 0 saturated carbocycles. The number of aromatic nitrogens is 2. The Morgan fingerprint density at radius 1 is 1.38 bits per heavy atom. The molecule has 1 aromatic heterocycles. The van der Waals surface area contributed by atoms with Crippen molar-refractivity contribution in [2.75, 3.05) is 0 Å². The molecule has 0 unspecified atom stereocenters. The molecule has 5 nitrogen and oxygen atoms in total. The first-order valence-corrected chi connectivity index (χ1v) is 4.23. The molecule has 1 rings (SSSR count). The Morgan fingerprint density at radius 2 is 2.00 bits per heavy atom. The standard InChI is InChI=1S/C8H14N2O3/c1-3-4-9-6(2)7(12)10(5-11)8(9)13/h11-12H,3-5H2,1-2H3. The van der Waals surface area contributed by atoms with E-state index in [0.29, 0.717) is 12.2 Å². The Balaban J connectivity index is 3.28. The molecule has 2 N–H and O–H groups in total. The molecule has 0 fully saturated rings. The monoisotopic (exact) mass is 186 g/mol. The number of aromatic hydroxyl groups is 1. The van der Waals surface area contributed by atoms with Crippen LogP contribution in [0.5, 0.6) is 5.88 Å². The zero-order valence-corrected chi connectivity index (χ0v) is 7.82. The molecule has 1 aromatic rings. The van der Waals surface area contributed by atoms with Crippen LogP contribution in [0.4, 0.5) is 0 Å². The molecule has 0 aliphatic carbocycles. The van der Waals surface area contributed by atoms with Crippen molar-refractivity contribution < 1.29 is 10.2 Å². The van der Waals surface area contributed by atoms with E-state index >= 15 is 0 Å². The summed E-state index contributed by atoms with van der Waals surface area (Å²) in [7, 11) is 0. The van der Waals surface area contributed by atoms with Crippen molar-refractivity contribution in [3.05, 3.63) is 16.2 Å². The molecule has 0 saturated heterocycles. The molecule has 0 atom stereocenters. The maximum atomic E-state index is 11.4. The number of imidazole rings is 1. The van der Waals surface area contributed by atoms with Crippen LogP contribution in [0.15, 0.2) is 4.79 Å². The molecule has 74 valence electrons. The normalized spacial score (nSPS) is 10.7. The van der Waals surface area contributed by atoms with Crippen molar-refractivity contribution in [1.82, 2.24) is 9.13 Å². The molecule has 13 heavy (non-hydrogen) atoms. The summed E-state index contributed by atoms with van der Waals surface area (Å²) >= 11 is 0. The highest BCUT2D eigenvalue weighted by atomic mass is 16.3. The van der Waals surface area contributed by atoms with Gasteiger partial charge in [-0.25, -0.2) is 9.36 Å². The van der Waals surface area contributed by atoms with Gasteiger partial charge in [0.15, 0.2) is 0 Å². The Hall–Kier alpha value is -1.23. The van der Waals surface area contributed by atoms with Gasteiger partial charge in [0.2, 0.25) is 5.88 Å². The van der Waals surface area contributed by atoms with E-state index in [1.54, 1.807) is 6.92 Å². The summed E-state index contributed by atoms with van der Waals surface area (Å²) in [4.78, 5) is 11.4. The average Bonchev–Trinajstić information content (AvgIpc) is 2.31. The summed E-state index contributed by atoms with van der Waals surface area (Å²) in [5, 5.41) is 18.2. The molecule has 0 amide bonds. The van der Waals surface area contributed by atoms with E-state index < -0.39 is 6.73 Å². The molecular weight excluding hydrogens is 172 g/mol. The summed E-state index contributed by atoms with van der Waals surface area (Å²) in [6, 6.07) is 0. The Morgan fingerprint density at radius 3 is 2.38 bits per heavy atom. The van der Waals surface area contributed by atoms with E-state index in [4.69, 9.17) is 5.11 Å². The van der Waals surface area contributed by atoms with Gasteiger partial charge in [0, 0.05) is 6.54 Å². The highest BCUT2D eigenvalue weighted by Gasteiger charge is 2.13. The van der Waals surface area contributed by atoms with Crippen molar-refractivity contribution in [2.24, 2.45) is 0 Å². The van der Waals surface area contributed by atoms with Crippen LogP contribution in [0.2, 0.25) is 0 Å². The maximum Gasteiger partial charge on any atom is 0.333 e. The fourth-order valence-electron chi connectivity index (χ4n) is 1.31. The van der Waals surface area contributed by atoms with Gasteiger partial charge in [0.25, 0.3) is 0 Å². The van der Waals surface area contributed by atoms with Crippen molar-refractivity contribution in [3.8, 4) is 5.88 Å². The van der Waals surface area contributed by atoms with E-state index in [-0.39, 0.29) is 11.6 Å². The minimum Gasteiger partial charge on any atom is -0.493 e. The third kappa shape index (κ3) is 1.47. The number of nitrogens with zero attached hydrogens (tertiary/aromatic N) is 2. The zero-order valence-electron chi connectivity index (χ0n) is 7.82. The van der Waals surface area contributed by atoms with Crippen LogP contribution in [-0.4, -0.2) is 19.3 Å². The van der Waals surface area contributed by atoms with Crippen molar-refractivity contribution in [3.63, 3.8) is 0 Å². The number of aliphatic hydroxyl groups is 1. The molecule has 1 heterocycles. The summed E-state index contributed by atoms with van der Waals surface area (Å²) in [5.74, 6) is -0.152. The van der Waals surface area contributed by atoms with Gasteiger partial charge >= 0.3 is 5.69 Å². The van der Waals surface area contributed by atoms with Gasteiger partial charge < -0.3 is 10.2 Å². The van der Waals surface area contributed by atoms with Crippen molar-refractivity contribution >= 4 is 0 Å². The first kappa shape index (κ1) is 9.85. The smallest absolute Gasteiger partial charge is 0.333 e. The molecular formula is C8H14N2O3. The van der Waals surface area contributed by atoms with Gasteiger partial charge in [0.1, 0.15) is 6.73 Å². The average molecular weight is 186 g/mol. The Bertz CT molecular complexity index is 351. The van der Waals surface area contributed by atoms with Crippen LogP contribution in [-0.2, 0) is 13.3 Å². The quantitative estimate of drug-likeness (QED) is 0.699. The molecule has 5 heteroatoms. The number of hydrogen-bond acceptors (Lipinski definition) is 3. The van der Waals surface area contributed by atoms with Crippen molar-refractivity contribution in [2.45, 2.75) is 33.5 Å². The number of rotatable bonds is 3. The summed E-state index contributed by atoms with van der Waals surface area (Å²) in [5.41, 5.74) is 0.139. The first-order valence-electron chi connectivity index (χ1n) is 4.23. The van der Waals surface area contributed by atoms with Crippen molar-refractivity contribution in [1.29, 1.82) is 0 Å². The van der Waals surface area contributed by atoms with E-state index in [0.717, 1.165) is 11.0 Å². The second kappa shape index (κ2) is 3.66. The molecule has 0 spiro atoms. The molecule has 0 aliphatic rings. The van der Waals surface area contributed by atoms with Crippen LogP contribution in [0, 0.1) is 6.92 Å². The van der Waals surface area contributed by atoms with Gasteiger partial charge in [-0.2, -0.15) is 0 Å². The molecule has 0 bridgehead atoms. The lowest BCUT2D eigenvalue weighted by Crippen LogP contribution is -2.24. The fourth-order valence-corrected chi connectivity index (χ4v) is 1.31. The van der Waals surface area contributed by atoms with E-state index in [1.807, 2.05) is 6.92 Å². The summed E-state index contributed by atoms with van der Waals surface area (Å²) in [6.07, 6.45) is 0.815. The fraction of sp³-hybridized carbons (Fsp3) is 0.625. The van der Waals surface area contributed by atoms with E-state index in [2.05, 4.69) is 0 Å². The van der Waals surface area contributed by atoms with Crippen LogP contribution >= 0.6 is 0 Å². The molecule has 0 aromatic carbocycles. The summed E-state index contributed by atoms with van der Waals surface area (Å²) in [6.45, 7) is 3.67. The maximum absolute atomic E-state index is 11.4. The van der Waals surface area contributed by atoms with Gasteiger partial charge in [-0.15, -0.1) is 0 Å². The zero-order chi connectivity index (χ0) is 10.0. The van der Waals surface area contributed by atoms with Gasteiger partial charge in [0.05, 0.1) is 5.69 Å². The molecule has 0 radical (unpaired) electrons. The van der Waals surface area contributed by atoms with Crippen LogP contribution in [0.3, 0.4) is 0 Å². The second-order valence-corrected chi connectivity index (χ2v) is 2.91. The Labute approximate surface area is 75.9 Å². The third-order valence-corrected chi connectivity index (χ3v) is 2.03. The predicted molar refractivity (Wildman–Crippen MR) is 47.6 cm³/mol. The van der Waals surface area contributed by atoms with Crippen LogP contribution in [0.25, 0.3) is 0 Å². The third-order valence-electron chi connectivity index (χ3n) is 2.03. The minimum atomic E-state index is -0.484. The van der Waals surface area contributed by atoms with Crippen LogP contribution in [0.1, 0.15) is 19.0 Å². The largest absolute Gasteiger partial charge is 0.493 e. The lowest BCUT2D eigenvalue weighted by atomic mass is 10.4. The Kier molecular flexibility index (Phi) is 2.77. The first-order chi connectivity index (χ1) is 6.13. The lowest BCUT2D eigenvalue weighted by Gasteiger charge is -1.98. The highest BCUT2D eigenvalue weighted by molar-refractivity contribution is 5.18. The van der Waals surface area contributed by atoms with Gasteiger partial charge in [-0.3, -0.25) is 4.57 Å². The van der Waals surface area contributed by atoms with Gasteiger partial charge in [-0.05, 0) is 13.3 Å². The summed E-state index contributed by atoms with van der Waals surface area (Å²) < 4.78 is 2.39. The lowest BCUT2D eigenvalue weighted by molar-refractivity contribution is 0.191.